The highest BCUT2D eigenvalue weighted by Crippen LogP contribution is 2.33. The molecule has 2 N–H and O–H groups in total. The van der Waals surface area contributed by atoms with E-state index in [4.69, 9.17) is 4.52 Å². The molecule has 0 spiro atoms. The number of benzene rings is 1. The van der Waals surface area contributed by atoms with Gasteiger partial charge >= 0.3 is 0 Å². The standard InChI is InChI=1S/C15H17N3O2/c19-12-7-13(16-8-12)15-17-14(18-20-15)11-5-9-3-1-2-4-10(9)6-11/h1-4,11-13,16,19H,5-8H2/t12-,13+/m0/s1. The SMILES string of the molecule is O[C@@H]1CN[C@@H](c2nc(C3Cc4ccccc4C3)no2)C1. The van der Waals surface area contributed by atoms with Crippen LogP contribution in [0, 0.1) is 0 Å². The van der Waals surface area contributed by atoms with Crippen molar-refractivity contribution in [2.75, 3.05) is 6.54 Å². The van der Waals surface area contributed by atoms with Gasteiger partial charge in [-0.25, -0.2) is 0 Å². The van der Waals surface area contributed by atoms with Gasteiger partial charge in [0.05, 0.1) is 12.1 Å². The molecule has 5 nitrogen and oxygen atoms in total. The fourth-order valence-corrected chi connectivity index (χ4v) is 3.20. The fraction of sp³-hybridized carbons (Fsp3) is 0.467. The molecular weight excluding hydrogens is 254 g/mol. The van der Waals surface area contributed by atoms with Crippen LogP contribution in [0.5, 0.6) is 0 Å². The maximum absolute atomic E-state index is 9.55. The van der Waals surface area contributed by atoms with Gasteiger partial charge in [0, 0.05) is 12.5 Å². The lowest BCUT2D eigenvalue weighted by Crippen LogP contribution is -2.15. The number of rotatable bonds is 2. The Morgan fingerprint density at radius 3 is 2.60 bits per heavy atom. The molecule has 0 radical (unpaired) electrons. The fourth-order valence-electron chi connectivity index (χ4n) is 3.20. The van der Waals surface area contributed by atoms with Crippen LogP contribution >= 0.6 is 0 Å². The first-order valence-corrected chi connectivity index (χ1v) is 7.11. The van der Waals surface area contributed by atoms with Crippen LogP contribution < -0.4 is 5.32 Å². The van der Waals surface area contributed by atoms with E-state index in [0.717, 1.165) is 18.7 Å². The number of aliphatic hydroxyl groups excluding tert-OH is 1. The molecule has 2 heterocycles. The first-order chi connectivity index (χ1) is 9.79. The highest BCUT2D eigenvalue weighted by Gasteiger charge is 2.31. The van der Waals surface area contributed by atoms with Crippen molar-refractivity contribution >= 4 is 0 Å². The van der Waals surface area contributed by atoms with Crippen LogP contribution in [0.4, 0.5) is 0 Å². The van der Waals surface area contributed by atoms with E-state index in [1.165, 1.54) is 11.1 Å². The van der Waals surface area contributed by atoms with Crippen LogP contribution in [0.25, 0.3) is 0 Å². The average molecular weight is 271 g/mol. The molecule has 1 aromatic carbocycles. The molecule has 0 amide bonds. The average Bonchev–Trinajstić information content (AvgIpc) is 3.16. The van der Waals surface area contributed by atoms with Gasteiger partial charge in [0.15, 0.2) is 5.82 Å². The first-order valence-electron chi connectivity index (χ1n) is 7.11. The molecule has 104 valence electrons. The molecule has 1 fully saturated rings. The van der Waals surface area contributed by atoms with Gasteiger partial charge in [-0.2, -0.15) is 4.98 Å². The van der Waals surface area contributed by atoms with E-state index in [1.807, 2.05) is 0 Å². The Morgan fingerprint density at radius 2 is 1.95 bits per heavy atom. The van der Waals surface area contributed by atoms with Crippen LogP contribution in [0.3, 0.4) is 0 Å². The van der Waals surface area contributed by atoms with E-state index >= 15 is 0 Å². The zero-order valence-corrected chi connectivity index (χ0v) is 11.1. The van der Waals surface area contributed by atoms with Gasteiger partial charge in [0.2, 0.25) is 5.89 Å². The minimum atomic E-state index is -0.314. The molecular formula is C15H17N3O2. The van der Waals surface area contributed by atoms with Crippen molar-refractivity contribution in [3.8, 4) is 0 Å². The van der Waals surface area contributed by atoms with Crippen molar-refractivity contribution in [2.45, 2.75) is 37.3 Å². The second-order valence-corrected chi connectivity index (χ2v) is 5.72. The number of β-amino-alcohol motifs (C(OH)–C–C–N with tert-alkyl or cyclic N) is 1. The van der Waals surface area contributed by atoms with Gasteiger partial charge < -0.3 is 14.9 Å². The van der Waals surface area contributed by atoms with Crippen molar-refractivity contribution in [1.82, 2.24) is 15.5 Å². The van der Waals surface area contributed by atoms with Crippen LogP contribution in [0.15, 0.2) is 28.8 Å². The molecule has 1 aromatic heterocycles. The van der Waals surface area contributed by atoms with Gasteiger partial charge in [-0.1, -0.05) is 29.4 Å². The van der Waals surface area contributed by atoms with Crippen LogP contribution in [-0.4, -0.2) is 27.9 Å². The first kappa shape index (κ1) is 12.1. The number of hydrogen-bond acceptors (Lipinski definition) is 5. The Morgan fingerprint density at radius 1 is 1.20 bits per heavy atom. The minimum Gasteiger partial charge on any atom is -0.392 e. The molecule has 20 heavy (non-hydrogen) atoms. The number of hydrogen-bond donors (Lipinski definition) is 2. The van der Waals surface area contributed by atoms with E-state index in [2.05, 4.69) is 39.7 Å². The summed E-state index contributed by atoms with van der Waals surface area (Å²) in [7, 11) is 0. The number of aromatic nitrogens is 2. The molecule has 1 aliphatic carbocycles. The summed E-state index contributed by atoms with van der Waals surface area (Å²) in [4.78, 5) is 4.54. The van der Waals surface area contributed by atoms with Gasteiger partial charge in [0.1, 0.15) is 0 Å². The second-order valence-electron chi connectivity index (χ2n) is 5.72. The van der Waals surface area contributed by atoms with E-state index in [1.54, 1.807) is 0 Å². The lowest BCUT2D eigenvalue weighted by atomic mass is 10.1. The zero-order chi connectivity index (χ0) is 13.5. The van der Waals surface area contributed by atoms with Crippen LogP contribution in [-0.2, 0) is 12.8 Å². The van der Waals surface area contributed by atoms with Crippen LogP contribution in [0.2, 0.25) is 0 Å². The van der Waals surface area contributed by atoms with Crippen molar-refractivity contribution in [3.63, 3.8) is 0 Å². The van der Waals surface area contributed by atoms with Crippen molar-refractivity contribution in [2.24, 2.45) is 0 Å². The lowest BCUT2D eigenvalue weighted by molar-refractivity contribution is 0.191. The summed E-state index contributed by atoms with van der Waals surface area (Å²) in [6, 6.07) is 8.49. The third-order valence-electron chi connectivity index (χ3n) is 4.28. The van der Waals surface area contributed by atoms with Gasteiger partial charge in [0.25, 0.3) is 0 Å². The van der Waals surface area contributed by atoms with Gasteiger partial charge in [-0.3, -0.25) is 0 Å². The second kappa shape index (κ2) is 4.68. The Hall–Kier alpha value is -1.72. The molecule has 5 heteroatoms. The summed E-state index contributed by atoms with van der Waals surface area (Å²) in [5, 5.41) is 16.9. The minimum absolute atomic E-state index is 0.00460. The normalized spacial score (nSPS) is 26.1. The Bertz CT molecular complexity index is 600. The van der Waals surface area contributed by atoms with E-state index in [9.17, 15) is 5.11 Å². The quantitative estimate of drug-likeness (QED) is 0.862. The summed E-state index contributed by atoms with van der Waals surface area (Å²) < 4.78 is 5.37. The topological polar surface area (TPSA) is 71.2 Å². The molecule has 0 bridgehead atoms. The molecule has 0 unspecified atom stereocenters. The number of nitrogens with one attached hydrogen (secondary N) is 1. The van der Waals surface area contributed by atoms with E-state index in [0.29, 0.717) is 24.8 Å². The zero-order valence-electron chi connectivity index (χ0n) is 11.1. The highest BCUT2D eigenvalue weighted by atomic mass is 16.5. The smallest absolute Gasteiger partial charge is 0.243 e. The third kappa shape index (κ3) is 2.03. The summed E-state index contributed by atoms with van der Waals surface area (Å²) in [6.07, 6.45) is 2.30. The number of aliphatic hydroxyl groups is 1. The Balaban J connectivity index is 1.52. The van der Waals surface area contributed by atoms with Crippen molar-refractivity contribution in [1.29, 1.82) is 0 Å². The summed E-state index contributed by atoms with van der Waals surface area (Å²) >= 11 is 0. The molecule has 4 rings (SSSR count). The molecule has 1 saturated heterocycles. The molecule has 1 aliphatic heterocycles. The maximum Gasteiger partial charge on any atom is 0.243 e. The van der Waals surface area contributed by atoms with Crippen molar-refractivity contribution < 1.29 is 9.63 Å². The van der Waals surface area contributed by atoms with Gasteiger partial charge in [-0.05, 0) is 30.4 Å². The van der Waals surface area contributed by atoms with Crippen molar-refractivity contribution in [3.05, 3.63) is 47.1 Å². The summed E-state index contributed by atoms with van der Waals surface area (Å²) in [5.41, 5.74) is 2.77. The Kier molecular flexibility index (Phi) is 2.82. The maximum atomic E-state index is 9.55. The van der Waals surface area contributed by atoms with E-state index < -0.39 is 0 Å². The third-order valence-corrected chi connectivity index (χ3v) is 4.28. The number of nitrogens with zero attached hydrogens (tertiary/aromatic N) is 2. The Labute approximate surface area is 117 Å². The number of fused-ring (bicyclic) bond motifs is 1. The molecule has 0 saturated carbocycles. The molecule has 2 aliphatic rings. The van der Waals surface area contributed by atoms with Crippen LogP contribution in [0.1, 0.15) is 41.2 Å². The monoisotopic (exact) mass is 271 g/mol. The largest absolute Gasteiger partial charge is 0.392 e. The summed E-state index contributed by atoms with van der Waals surface area (Å²) in [6.45, 7) is 0.594. The highest BCUT2D eigenvalue weighted by molar-refractivity contribution is 5.34. The predicted octanol–water partition coefficient (Wildman–Crippen LogP) is 1.35. The summed E-state index contributed by atoms with van der Waals surface area (Å²) in [5.74, 6) is 1.71. The van der Waals surface area contributed by atoms with Gasteiger partial charge in [-0.15, -0.1) is 0 Å². The van der Waals surface area contributed by atoms with E-state index in [-0.39, 0.29) is 12.1 Å². The molecule has 2 atom stereocenters. The molecule has 2 aromatic rings. The lowest BCUT2D eigenvalue weighted by Gasteiger charge is -2.03. The predicted molar refractivity (Wildman–Crippen MR) is 72.3 cm³/mol.